The molecule has 3 heteroatoms. The highest BCUT2D eigenvalue weighted by Crippen LogP contribution is 2.14. The predicted molar refractivity (Wildman–Crippen MR) is 74.8 cm³/mol. The quantitative estimate of drug-likeness (QED) is 0.782. The Balaban J connectivity index is 2.44. The molecule has 1 rings (SSSR count). The highest BCUT2D eigenvalue weighted by Gasteiger charge is 2.09. The molecule has 102 valence electrons. The van der Waals surface area contributed by atoms with Gasteiger partial charge in [0.25, 0.3) is 0 Å². The Morgan fingerprint density at radius 1 is 1.11 bits per heavy atom. The Labute approximate surface area is 110 Å². The van der Waals surface area contributed by atoms with Gasteiger partial charge in [-0.2, -0.15) is 0 Å². The summed E-state index contributed by atoms with van der Waals surface area (Å²) >= 11 is 0. The lowest BCUT2D eigenvalue weighted by molar-refractivity contribution is 0.207. The van der Waals surface area contributed by atoms with Crippen LogP contribution < -0.4 is 10.1 Å². The summed E-state index contributed by atoms with van der Waals surface area (Å²) in [6.45, 7) is 9.21. The summed E-state index contributed by atoms with van der Waals surface area (Å²) in [6.07, 6.45) is 0.208. The van der Waals surface area contributed by atoms with E-state index in [2.05, 4.69) is 24.4 Å². The van der Waals surface area contributed by atoms with Crippen LogP contribution >= 0.6 is 0 Å². The summed E-state index contributed by atoms with van der Waals surface area (Å²) in [5.74, 6) is 1.18. The number of rotatable bonds is 7. The van der Waals surface area contributed by atoms with E-state index >= 15 is 0 Å². The van der Waals surface area contributed by atoms with E-state index in [1.54, 1.807) is 0 Å². The Bertz CT molecular complexity index is 335. The molecule has 1 aromatic carbocycles. The van der Waals surface area contributed by atoms with Crippen LogP contribution in [0, 0.1) is 5.92 Å². The van der Waals surface area contributed by atoms with Crippen molar-refractivity contribution in [3.05, 3.63) is 29.8 Å². The van der Waals surface area contributed by atoms with Crippen molar-refractivity contribution in [1.29, 1.82) is 0 Å². The molecule has 0 fully saturated rings. The van der Waals surface area contributed by atoms with Gasteiger partial charge in [-0.15, -0.1) is 0 Å². The summed E-state index contributed by atoms with van der Waals surface area (Å²) in [7, 11) is 0. The summed E-state index contributed by atoms with van der Waals surface area (Å²) in [4.78, 5) is 0. The van der Waals surface area contributed by atoms with Crippen molar-refractivity contribution in [1.82, 2.24) is 5.32 Å². The molecule has 0 bridgehead atoms. The van der Waals surface area contributed by atoms with Crippen LogP contribution in [0.15, 0.2) is 24.3 Å². The molecule has 0 radical (unpaired) electrons. The summed E-state index contributed by atoms with van der Waals surface area (Å²) in [5, 5.41) is 12.5. The van der Waals surface area contributed by atoms with Gasteiger partial charge >= 0.3 is 0 Å². The number of ether oxygens (including phenoxy) is 1. The maximum absolute atomic E-state index is 9.07. The SMILES string of the molecule is CC(C)Oc1ccc(CNC(C)C(C)CO)cc1. The number of benzene rings is 1. The Morgan fingerprint density at radius 2 is 1.72 bits per heavy atom. The second-order valence-electron chi connectivity index (χ2n) is 5.14. The van der Waals surface area contributed by atoms with Gasteiger partial charge in [0.2, 0.25) is 0 Å². The zero-order valence-corrected chi connectivity index (χ0v) is 11.8. The van der Waals surface area contributed by atoms with E-state index < -0.39 is 0 Å². The van der Waals surface area contributed by atoms with Crippen molar-refractivity contribution >= 4 is 0 Å². The average molecular weight is 251 g/mol. The maximum Gasteiger partial charge on any atom is 0.119 e. The van der Waals surface area contributed by atoms with Crippen LogP contribution in [0.4, 0.5) is 0 Å². The number of nitrogens with one attached hydrogen (secondary N) is 1. The standard InChI is InChI=1S/C15H25NO2/c1-11(2)18-15-7-5-14(6-8-15)9-16-13(4)12(3)10-17/h5-8,11-13,16-17H,9-10H2,1-4H3. The fourth-order valence-corrected chi connectivity index (χ4v) is 1.60. The van der Waals surface area contributed by atoms with Crippen LogP contribution in [0.1, 0.15) is 33.3 Å². The Hall–Kier alpha value is -1.06. The van der Waals surface area contributed by atoms with E-state index in [4.69, 9.17) is 9.84 Å². The van der Waals surface area contributed by atoms with Crippen molar-refractivity contribution in [2.75, 3.05) is 6.61 Å². The van der Waals surface area contributed by atoms with E-state index in [0.29, 0.717) is 6.04 Å². The van der Waals surface area contributed by atoms with Crippen molar-refractivity contribution in [3.63, 3.8) is 0 Å². The van der Waals surface area contributed by atoms with E-state index in [-0.39, 0.29) is 18.6 Å². The normalized spacial score (nSPS) is 14.6. The lowest BCUT2D eigenvalue weighted by atomic mass is 10.0. The van der Waals surface area contributed by atoms with E-state index in [1.165, 1.54) is 5.56 Å². The first-order valence-electron chi connectivity index (χ1n) is 6.62. The lowest BCUT2D eigenvalue weighted by Gasteiger charge is -2.19. The number of aliphatic hydroxyl groups excluding tert-OH is 1. The molecular formula is C15H25NO2. The molecule has 3 nitrogen and oxygen atoms in total. The van der Waals surface area contributed by atoms with Crippen LogP contribution in [0.25, 0.3) is 0 Å². The molecule has 18 heavy (non-hydrogen) atoms. The maximum atomic E-state index is 9.07. The fraction of sp³-hybridized carbons (Fsp3) is 0.600. The van der Waals surface area contributed by atoms with E-state index in [9.17, 15) is 0 Å². The Kier molecular flexibility index (Phi) is 6.16. The third kappa shape index (κ3) is 5.07. The van der Waals surface area contributed by atoms with Gasteiger partial charge in [0, 0.05) is 19.2 Å². The first-order chi connectivity index (χ1) is 8.52. The molecule has 2 atom stereocenters. The fourth-order valence-electron chi connectivity index (χ4n) is 1.60. The lowest BCUT2D eigenvalue weighted by Crippen LogP contribution is -2.33. The van der Waals surface area contributed by atoms with Gasteiger partial charge in [0.05, 0.1) is 6.10 Å². The molecule has 2 unspecified atom stereocenters. The van der Waals surface area contributed by atoms with E-state index in [1.807, 2.05) is 32.9 Å². The predicted octanol–water partition coefficient (Wildman–Crippen LogP) is 2.58. The van der Waals surface area contributed by atoms with Gasteiger partial charge in [-0.25, -0.2) is 0 Å². The molecule has 0 aromatic heterocycles. The molecule has 1 aromatic rings. The van der Waals surface area contributed by atoms with Crippen molar-refractivity contribution in [3.8, 4) is 5.75 Å². The number of aliphatic hydroxyl groups is 1. The minimum Gasteiger partial charge on any atom is -0.491 e. The van der Waals surface area contributed by atoms with Gasteiger partial charge in [0.1, 0.15) is 5.75 Å². The number of hydrogen-bond acceptors (Lipinski definition) is 3. The molecule has 0 spiro atoms. The average Bonchev–Trinajstić information content (AvgIpc) is 2.36. The number of hydrogen-bond donors (Lipinski definition) is 2. The summed E-state index contributed by atoms with van der Waals surface area (Å²) in [6, 6.07) is 8.44. The summed E-state index contributed by atoms with van der Waals surface area (Å²) in [5.41, 5.74) is 1.23. The van der Waals surface area contributed by atoms with Gasteiger partial charge in [-0.05, 0) is 44.4 Å². The molecule has 0 aliphatic heterocycles. The smallest absolute Gasteiger partial charge is 0.119 e. The van der Waals surface area contributed by atoms with Crippen LogP contribution in [0.3, 0.4) is 0 Å². The van der Waals surface area contributed by atoms with Crippen LogP contribution in [-0.4, -0.2) is 23.9 Å². The Morgan fingerprint density at radius 3 is 2.22 bits per heavy atom. The second kappa shape index (κ2) is 7.39. The van der Waals surface area contributed by atoms with Gasteiger partial charge in [-0.3, -0.25) is 0 Å². The third-order valence-electron chi connectivity index (χ3n) is 3.06. The molecule has 0 aliphatic rings. The molecule has 0 saturated heterocycles. The zero-order valence-electron chi connectivity index (χ0n) is 11.8. The molecule has 0 aliphatic carbocycles. The molecule has 0 heterocycles. The molecule has 0 saturated carbocycles. The van der Waals surface area contributed by atoms with Crippen molar-refractivity contribution in [2.24, 2.45) is 5.92 Å². The highest BCUT2D eigenvalue weighted by atomic mass is 16.5. The molecule has 0 amide bonds. The van der Waals surface area contributed by atoms with Gasteiger partial charge < -0.3 is 15.2 Å². The zero-order chi connectivity index (χ0) is 13.5. The topological polar surface area (TPSA) is 41.5 Å². The molecule has 2 N–H and O–H groups in total. The van der Waals surface area contributed by atoms with Gasteiger partial charge in [-0.1, -0.05) is 19.1 Å². The molecular weight excluding hydrogens is 226 g/mol. The first-order valence-corrected chi connectivity index (χ1v) is 6.62. The second-order valence-corrected chi connectivity index (χ2v) is 5.14. The largest absolute Gasteiger partial charge is 0.491 e. The van der Waals surface area contributed by atoms with Crippen LogP contribution in [-0.2, 0) is 6.54 Å². The van der Waals surface area contributed by atoms with Crippen molar-refractivity contribution < 1.29 is 9.84 Å². The summed E-state index contributed by atoms with van der Waals surface area (Å²) < 4.78 is 5.60. The highest BCUT2D eigenvalue weighted by molar-refractivity contribution is 5.27. The minimum absolute atomic E-state index is 0.208. The minimum atomic E-state index is 0.208. The van der Waals surface area contributed by atoms with E-state index in [0.717, 1.165) is 12.3 Å². The van der Waals surface area contributed by atoms with Crippen LogP contribution in [0.5, 0.6) is 5.75 Å². The van der Waals surface area contributed by atoms with Crippen LogP contribution in [0.2, 0.25) is 0 Å². The monoisotopic (exact) mass is 251 g/mol. The van der Waals surface area contributed by atoms with Gasteiger partial charge in [0.15, 0.2) is 0 Å². The van der Waals surface area contributed by atoms with Crippen molar-refractivity contribution in [2.45, 2.75) is 46.4 Å². The first kappa shape index (κ1) is 15.0. The third-order valence-corrected chi connectivity index (χ3v) is 3.06.